The number of hydrogen-bond donors (Lipinski definition) is 2. The summed E-state index contributed by atoms with van der Waals surface area (Å²) in [6.45, 7) is 2.09. The van der Waals surface area contributed by atoms with Crippen molar-refractivity contribution in [3.8, 4) is 0 Å². The van der Waals surface area contributed by atoms with Crippen LogP contribution in [0.25, 0.3) is 0 Å². The van der Waals surface area contributed by atoms with Gasteiger partial charge < -0.3 is 10.4 Å². The van der Waals surface area contributed by atoms with Crippen LogP contribution in [-0.2, 0) is 4.79 Å². The predicted octanol–water partition coefficient (Wildman–Crippen LogP) is 4.60. The van der Waals surface area contributed by atoms with Gasteiger partial charge in [0.2, 0.25) is 5.91 Å². The molecule has 0 saturated carbocycles. The Kier molecular flexibility index (Phi) is 6.82. The van der Waals surface area contributed by atoms with Gasteiger partial charge in [0.15, 0.2) is 0 Å². The molecule has 0 radical (unpaired) electrons. The van der Waals surface area contributed by atoms with E-state index in [0.29, 0.717) is 6.42 Å². The smallest absolute Gasteiger partial charge is 0.339 e. The van der Waals surface area contributed by atoms with Crippen molar-refractivity contribution in [2.24, 2.45) is 0 Å². The van der Waals surface area contributed by atoms with E-state index in [2.05, 4.69) is 12.2 Å². The Morgan fingerprint density at radius 3 is 2.40 bits per heavy atom. The van der Waals surface area contributed by atoms with Gasteiger partial charge in [0, 0.05) is 6.42 Å². The summed E-state index contributed by atoms with van der Waals surface area (Å²) in [5.74, 6) is -1.48. The summed E-state index contributed by atoms with van der Waals surface area (Å²) in [7, 11) is 0. The fraction of sp³-hybridized carbons (Fsp3) is 0.429. The third kappa shape index (κ3) is 4.69. The van der Waals surface area contributed by atoms with Gasteiger partial charge in [-0.25, -0.2) is 4.79 Å². The summed E-state index contributed by atoms with van der Waals surface area (Å²) in [6.07, 6.45) is 4.23. The summed E-state index contributed by atoms with van der Waals surface area (Å²) >= 11 is 11.8. The molecule has 0 heterocycles. The molecule has 4 nitrogen and oxygen atoms in total. The summed E-state index contributed by atoms with van der Waals surface area (Å²) in [4.78, 5) is 23.0. The van der Waals surface area contributed by atoms with E-state index in [4.69, 9.17) is 28.3 Å². The largest absolute Gasteiger partial charge is 0.478 e. The van der Waals surface area contributed by atoms with Gasteiger partial charge in [-0.1, -0.05) is 49.4 Å². The lowest BCUT2D eigenvalue weighted by atomic mass is 10.1. The van der Waals surface area contributed by atoms with Gasteiger partial charge in [0.25, 0.3) is 0 Å². The van der Waals surface area contributed by atoms with Crippen LogP contribution in [0.1, 0.15) is 49.4 Å². The Balaban J connectivity index is 2.79. The first-order valence-corrected chi connectivity index (χ1v) is 7.24. The molecule has 0 aromatic heterocycles. The van der Waals surface area contributed by atoms with Crippen LogP contribution in [-0.4, -0.2) is 17.0 Å². The van der Waals surface area contributed by atoms with Crippen LogP contribution >= 0.6 is 23.2 Å². The van der Waals surface area contributed by atoms with Gasteiger partial charge in [-0.05, 0) is 18.6 Å². The first kappa shape index (κ1) is 16.8. The van der Waals surface area contributed by atoms with E-state index >= 15 is 0 Å². The van der Waals surface area contributed by atoms with Crippen molar-refractivity contribution < 1.29 is 14.7 Å². The Morgan fingerprint density at radius 2 is 1.80 bits per heavy atom. The van der Waals surface area contributed by atoms with Gasteiger partial charge in [-0.15, -0.1) is 0 Å². The van der Waals surface area contributed by atoms with E-state index < -0.39 is 5.97 Å². The quantitative estimate of drug-likeness (QED) is 0.722. The summed E-state index contributed by atoms with van der Waals surface area (Å²) in [6, 6.07) is 2.85. The van der Waals surface area contributed by atoms with Crippen LogP contribution in [0.3, 0.4) is 0 Å². The van der Waals surface area contributed by atoms with E-state index in [1.54, 1.807) is 0 Å². The van der Waals surface area contributed by atoms with Crippen LogP contribution in [0.15, 0.2) is 12.1 Å². The monoisotopic (exact) mass is 317 g/mol. The van der Waals surface area contributed by atoms with Crippen LogP contribution in [0, 0.1) is 0 Å². The minimum Gasteiger partial charge on any atom is -0.478 e. The molecule has 0 saturated heterocycles. The lowest BCUT2D eigenvalue weighted by Crippen LogP contribution is -2.15. The van der Waals surface area contributed by atoms with Crippen molar-refractivity contribution in [1.82, 2.24) is 0 Å². The molecular formula is C14H17Cl2NO3. The van der Waals surface area contributed by atoms with Gasteiger partial charge in [0.1, 0.15) is 5.56 Å². The van der Waals surface area contributed by atoms with Crippen LogP contribution < -0.4 is 5.32 Å². The zero-order chi connectivity index (χ0) is 15.1. The second-order valence-electron chi connectivity index (χ2n) is 4.44. The molecule has 0 aliphatic heterocycles. The molecule has 1 aromatic carbocycles. The molecule has 0 aliphatic carbocycles. The van der Waals surface area contributed by atoms with E-state index in [9.17, 15) is 9.59 Å². The number of nitrogens with one attached hydrogen (secondary N) is 1. The molecule has 20 heavy (non-hydrogen) atoms. The van der Waals surface area contributed by atoms with Crippen molar-refractivity contribution in [2.75, 3.05) is 5.32 Å². The van der Waals surface area contributed by atoms with Crippen molar-refractivity contribution in [3.05, 3.63) is 27.7 Å². The van der Waals surface area contributed by atoms with Gasteiger partial charge in [-0.3, -0.25) is 4.79 Å². The number of amides is 1. The molecular weight excluding hydrogens is 301 g/mol. The molecule has 0 atom stereocenters. The first-order chi connectivity index (χ1) is 9.47. The highest BCUT2D eigenvalue weighted by molar-refractivity contribution is 6.38. The summed E-state index contributed by atoms with van der Waals surface area (Å²) in [5.41, 5.74) is -0.117. The number of carboxylic acid groups (broad SMARTS) is 1. The Hall–Kier alpha value is -1.26. The number of unbranched alkanes of at least 4 members (excludes halogenated alkanes) is 3. The fourth-order valence-corrected chi connectivity index (χ4v) is 2.24. The van der Waals surface area contributed by atoms with Crippen molar-refractivity contribution in [3.63, 3.8) is 0 Å². The number of halogens is 2. The number of carboxylic acids is 1. The normalized spacial score (nSPS) is 10.3. The van der Waals surface area contributed by atoms with Crippen molar-refractivity contribution in [1.29, 1.82) is 0 Å². The molecule has 1 aromatic rings. The minimum atomic E-state index is -1.22. The summed E-state index contributed by atoms with van der Waals surface area (Å²) < 4.78 is 0. The second kappa shape index (κ2) is 8.12. The number of carbonyl (C=O) groups is 2. The topological polar surface area (TPSA) is 66.4 Å². The highest BCUT2D eigenvalue weighted by Gasteiger charge is 2.19. The van der Waals surface area contributed by atoms with E-state index in [-0.39, 0.29) is 27.2 Å². The molecule has 2 N–H and O–H groups in total. The molecule has 1 rings (SSSR count). The van der Waals surface area contributed by atoms with Crippen molar-refractivity contribution >= 4 is 40.8 Å². The molecule has 110 valence electrons. The third-order valence-electron chi connectivity index (χ3n) is 2.84. The second-order valence-corrected chi connectivity index (χ2v) is 5.26. The maximum absolute atomic E-state index is 11.8. The van der Waals surface area contributed by atoms with Crippen LogP contribution in [0.2, 0.25) is 10.0 Å². The number of aromatic carboxylic acids is 1. The molecule has 1 amide bonds. The molecule has 0 bridgehead atoms. The zero-order valence-corrected chi connectivity index (χ0v) is 12.7. The number of hydrogen-bond acceptors (Lipinski definition) is 2. The highest BCUT2D eigenvalue weighted by atomic mass is 35.5. The molecule has 0 spiro atoms. The maximum atomic E-state index is 11.8. The standard InChI is InChI=1S/C14H17Cl2NO3/c1-2-3-4-5-6-11(18)17-13-10(16)8-7-9(15)12(13)14(19)20/h7-8H,2-6H2,1H3,(H,17,18)(H,19,20). The number of carbonyl (C=O) groups excluding carboxylic acids is 1. The molecule has 0 fully saturated rings. The summed E-state index contributed by atoms with van der Waals surface area (Å²) in [5, 5.41) is 11.9. The van der Waals surface area contributed by atoms with Gasteiger partial charge in [-0.2, -0.15) is 0 Å². The minimum absolute atomic E-state index is 0.0446. The van der Waals surface area contributed by atoms with Crippen LogP contribution in [0.4, 0.5) is 5.69 Å². The van der Waals surface area contributed by atoms with Gasteiger partial charge in [0.05, 0.1) is 15.7 Å². The lowest BCUT2D eigenvalue weighted by molar-refractivity contribution is -0.116. The average molecular weight is 318 g/mol. The first-order valence-electron chi connectivity index (χ1n) is 6.48. The number of benzene rings is 1. The van der Waals surface area contributed by atoms with Crippen molar-refractivity contribution in [2.45, 2.75) is 39.0 Å². The van der Waals surface area contributed by atoms with E-state index in [0.717, 1.165) is 25.7 Å². The highest BCUT2D eigenvalue weighted by Crippen LogP contribution is 2.32. The Labute approximate surface area is 128 Å². The van der Waals surface area contributed by atoms with Gasteiger partial charge >= 0.3 is 5.97 Å². The average Bonchev–Trinajstić information content (AvgIpc) is 2.38. The Bertz CT molecular complexity index is 503. The van der Waals surface area contributed by atoms with E-state index in [1.165, 1.54) is 12.1 Å². The molecule has 0 unspecified atom stereocenters. The SMILES string of the molecule is CCCCCCC(=O)Nc1c(Cl)ccc(Cl)c1C(=O)O. The van der Waals surface area contributed by atoms with Crippen LogP contribution in [0.5, 0.6) is 0 Å². The molecule has 0 aliphatic rings. The fourth-order valence-electron chi connectivity index (χ4n) is 1.80. The number of rotatable bonds is 7. The Morgan fingerprint density at radius 1 is 1.15 bits per heavy atom. The predicted molar refractivity (Wildman–Crippen MR) is 80.8 cm³/mol. The zero-order valence-electron chi connectivity index (χ0n) is 11.2. The maximum Gasteiger partial charge on any atom is 0.339 e. The lowest BCUT2D eigenvalue weighted by Gasteiger charge is -2.11. The third-order valence-corrected chi connectivity index (χ3v) is 3.47. The van der Waals surface area contributed by atoms with E-state index in [1.807, 2.05) is 0 Å². The molecule has 6 heteroatoms. The number of anilines is 1.